The summed E-state index contributed by atoms with van der Waals surface area (Å²) in [5.74, 6) is -2.33. The van der Waals surface area contributed by atoms with Gasteiger partial charge >= 0.3 is 6.09 Å². The minimum absolute atomic E-state index is 0.0193. The van der Waals surface area contributed by atoms with Crippen LogP contribution in [0.25, 0.3) is 10.8 Å². The van der Waals surface area contributed by atoms with Crippen molar-refractivity contribution in [2.24, 2.45) is 17.8 Å². The van der Waals surface area contributed by atoms with Crippen molar-refractivity contribution in [2.75, 3.05) is 26.9 Å². The van der Waals surface area contributed by atoms with E-state index in [0.29, 0.717) is 48.1 Å². The number of benzene rings is 1. The van der Waals surface area contributed by atoms with E-state index in [0.717, 1.165) is 6.42 Å². The summed E-state index contributed by atoms with van der Waals surface area (Å²) in [6, 6.07) is 4.70. The zero-order chi connectivity index (χ0) is 42.2. The number of pyridine rings is 1. The van der Waals surface area contributed by atoms with E-state index in [-0.39, 0.29) is 49.6 Å². The molecule has 0 unspecified atom stereocenters. The number of allylic oxidation sites excluding steroid dienone is 1. The molecule has 318 valence electrons. The maximum Gasteiger partial charge on any atom is 0.408 e. The molecule has 1 saturated heterocycles. The van der Waals surface area contributed by atoms with Crippen LogP contribution in [0.5, 0.6) is 11.8 Å². The number of carbonyl (C=O) groups is 4. The highest BCUT2D eigenvalue weighted by Gasteiger charge is 2.63. The first-order chi connectivity index (χ1) is 27.3. The van der Waals surface area contributed by atoms with Crippen LogP contribution in [-0.4, -0.2) is 103 Å². The van der Waals surface area contributed by atoms with Gasteiger partial charge in [0.05, 0.1) is 17.9 Å². The van der Waals surface area contributed by atoms with Crippen LogP contribution in [0.15, 0.2) is 36.4 Å². The molecule has 2 saturated carbocycles. The lowest BCUT2D eigenvalue weighted by Gasteiger charge is -2.33. The monoisotopic (exact) mass is 845 g/mol. The number of hydrogen-bond acceptors (Lipinski definition) is 11. The standard InChI is InChI=1S/C41H56ClN5O10S/c1-24-11-8-9-12-26-22-41(26,37(50)46-58(52,53)40(6)15-16-40)45-34(48)31-20-27(23-47(31)36(49)33(25(2)19-24)44-38(51)57-39(3,4)5)56-35-28-13-10-14-30(42)29(28)21-32(43-35)55-18-17-54-7/h9-10,12-14,21,24-27,31,33H,8,11,15-20,22-23H2,1-7H3,(H,44,51)(H,45,48)(H,46,50)/b12-9-/t24-,25+,26+,27+,31-,33-,41+/m0/s1. The third kappa shape index (κ3) is 9.65. The van der Waals surface area contributed by atoms with Gasteiger partial charge in [0.15, 0.2) is 0 Å². The Morgan fingerprint density at radius 3 is 2.53 bits per heavy atom. The second kappa shape index (κ2) is 16.8. The van der Waals surface area contributed by atoms with Crippen molar-refractivity contribution in [3.8, 4) is 11.8 Å². The summed E-state index contributed by atoms with van der Waals surface area (Å²) in [5.41, 5.74) is -2.40. The molecule has 3 N–H and O–H groups in total. The summed E-state index contributed by atoms with van der Waals surface area (Å²) in [6.07, 6.45) is 5.22. The molecule has 15 nitrogen and oxygen atoms in total. The van der Waals surface area contributed by atoms with Gasteiger partial charge in [-0.15, -0.1) is 0 Å². The highest BCUT2D eigenvalue weighted by atomic mass is 35.5. The zero-order valence-electron chi connectivity index (χ0n) is 34.3. The maximum absolute atomic E-state index is 14.9. The van der Waals surface area contributed by atoms with Gasteiger partial charge in [-0.1, -0.05) is 43.7 Å². The quantitative estimate of drug-likeness (QED) is 0.215. The number of rotatable bonds is 10. The highest BCUT2D eigenvalue weighted by molar-refractivity contribution is 7.91. The molecule has 3 fully saturated rings. The van der Waals surface area contributed by atoms with E-state index in [1.54, 1.807) is 59.1 Å². The number of hydrogen-bond donors (Lipinski definition) is 3. The van der Waals surface area contributed by atoms with Crippen LogP contribution in [0.1, 0.15) is 86.5 Å². The first-order valence-electron chi connectivity index (χ1n) is 20.0. The lowest BCUT2D eigenvalue weighted by molar-refractivity contribution is -0.142. The van der Waals surface area contributed by atoms with Crippen molar-refractivity contribution >= 4 is 56.2 Å². The van der Waals surface area contributed by atoms with Crippen LogP contribution in [0, 0.1) is 17.8 Å². The normalized spacial score (nSPS) is 29.1. The summed E-state index contributed by atoms with van der Waals surface area (Å²) >= 11 is 6.60. The molecule has 4 aliphatic rings. The molecule has 3 heterocycles. The molecule has 2 aromatic rings. The number of aromatic nitrogens is 1. The van der Waals surface area contributed by atoms with Crippen molar-refractivity contribution < 1.29 is 46.5 Å². The largest absolute Gasteiger partial charge is 0.475 e. The molecule has 17 heteroatoms. The average molecular weight is 846 g/mol. The Morgan fingerprint density at radius 2 is 1.84 bits per heavy atom. The number of nitrogens with zero attached hydrogens (tertiary/aromatic N) is 2. The van der Waals surface area contributed by atoms with Crippen molar-refractivity contribution in [3.05, 3.63) is 41.4 Å². The number of methoxy groups -OCH3 is 1. The van der Waals surface area contributed by atoms with E-state index in [9.17, 15) is 27.6 Å². The van der Waals surface area contributed by atoms with E-state index in [1.165, 1.54) is 4.90 Å². The molecule has 6 rings (SSSR count). The van der Waals surface area contributed by atoms with E-state index < -0.39 is 73.8 Å². The Kier molecular flexibility index (Phi) is 12.6. The molecule has 58 heavy (non-hydrogen) atoms. The van der Waals surface area contributed by atoms with Gasteiger partial charge in [0, 0.05) is 41.3 Å². The molecule has 2 aliphatic carbocycles. The molecule has 1 aromatic heterocycles. The lowest BCUT2D eigenvalue weighted by atomic mass is 9.88. The van der Waals surface area contributed by atoms with Gasteiger partial charge in [-0.05, 0) is 90.2 Å². The van der Waals surface area contributed by atoms with E-state index in [1.807, 2.05) is 19.1 Å². The number of sulfonamides is 1. The molecule has 4 amide bonds. The van der Waals surface area contributed by atoms with Crippen molar-refractivity contribution in [3.63, 3.8) is 0 Å². The number of fused-ring (bicyclic) bond motifs is 3. The van der Waals surface area contributed by atoms with Crippen molar-refractivity contribution in [1.29, 1.82) is 0 Å². The second-order valence-corrected chi connectivity index (χ2v) is 20.1. The number of alkyl carbamates (subject to hydrolysis) is 1. The van der Waals surface area contributed by atoms with Crippen molar-refractivity contribution in [2.45, 2.75) is 121 Å². The number of ether oxygens (including phenoxy) is 4. The number of halogens is 1. The minimum atomic E-state index is -4.02. The summed E-state index contributed by atoms with van der Waals surface area (Å²) in [6.45, 7) is 11.1. The minimum Gasteiger partial charge on any atom is -0.475 e. The molecule has 0 spiro atoms. The van der Waals surface area contributed by atoms with Gasteiger partial charge in [-0.2, -0.15) is 4.98 Å². The molecule has 0 bridgehead atoms. The highest BCUT2D eigenvalue weighted by Crippen LogP contribution is 2.48. The zero-order valence-corrected chi connectivity index (χ0v) is 35.8. The predicted octanol–water partition coefficient (Wildman–Crippen LogP) is 5.04. The SMILES string of the molecule is COCCOc1cc2c(Cl)cccc2c(O[C@@H]2C[C@H]3C(=O)N[C@]4(C(=O)NS(=O)(=O)C5(C)CC5)C[C@H]4/C=C\CC[C@H](C)C[C@@H](C)[C@H](NC(=O)OC(C)(C)C)C(=O)N3C2)n1. The van der Waals surface area contributed by atoms with Gasteiger partial charge in [-0.3, -0.25) is 19.1 Å². The Labute approximate surface area is 345 Å². The van der Waals surface area contributed by atoms with Crippen LogP contribution in [0.2, 0.25) is 5.02 Å². The summed E-state index contributed by atoms with van der Waals surface area (Å²) in [4.78, 5) is 62.7. The van der Waals surface area contributed by atoms with Crippen molar-refractivity contribution in [1.82, 2.24) is 25.2 Å². The van der Waals surface area contributed by atoms with Crippen LogP contribution < -0.4 is 24.8 Å². The first-order valence-corrected chi connectivity index (χ1v) is 21.8. The second-order valence-electron chi connectivity index (χ2n) is 17.5. The summed E-state index contributed by atoms with van der Waals surface area (Å²) in [5, 5.41) is 7.33. The van der Waals surface area contributed by atoms with Gasteiger partial charge < -0.3 is 34.5 Å². The number of carbonyl (C=O) groups excluding carboxylic acids is 4. The third-order valence-electron chi connectivity index (χ3n) is 11.5. The Balaban J connectivity index is 1.36. The van der Waals surface area contributed by atoms with E-state index in [4.69, 9.17) is 30.5 Å². The molecular weight excluding hydrogens is 790 g/mol. The van der Waals surface area contributed by atoms with Crippen LogP contribution in [0.4, 0.5) is 4.79 Å². The predicted molar refractivity (Wildman–Crippen MR) is 217 cm³/mol. The van der Waals surface area contributed by atoms with Crippen LogP contribution >= 0.6 is 11.6 Å². The Morgan fingerprint density at radius 1 is 1.10 bits per heavy atom. The fourth-order valence-electron chi connectivity index (χ4n) is 7.77. The smallest absolute Gasteiger partial charge is 0.408 e. The van der Waals surface area contributed by atoms with Gasteiger partial charge in [-0.25, -0.2) is 13.2 Å². The van der Waals surface area contributed by atoms with Gasteiger partial charge in [0.25, 0.3) is 5.91 Å². The van der Waals surface area contributed by atoms with E-state index in [2.05, 4.69) is 27.3 Å². The lowest BCUT2D eigenvalue weighted by Crippen LogP contribution is -2.59. The van der Waals surface area contributed by atoms with E-state index >= 15 is 0 Å². The molecule has 0 radical (unpaired) electrons. The molecule has 7 atom stereocenters. The maximum atomic E-state index is 14.9. The average Bonchev–Trinajstić information content (AvgIpc) is 4.02. The fraction of sp³-hybridized carbons (Fsp3) is 0.634. The topological polar surface area (TPSA) is 192 Å². The number of nitrogens with one attached hydrogen (secondary N) is 3. The van der Waals surface area contributed by atoms with Crippen LogP contribution in [0.3, 0.4) is 0 Å². The number of amides is 4. The third-order valence-corrected chi connectivity index (χ3v) is 14.0. The summed E-state index contributed by atoms with van der Waals surface area (Å²) < 4.78 is 50.8. The van der Waals surface area contributed by atoms with Gasteiger partial charge in [0.1, 0.15) is 35.9 Å². The molecular formula is C41H56ClN5O10S. The molecule has 2 aliphatic heterocycles. The Hall–Kier alpha value is -4.15. The van der Waals surface area contributed by atoms with Crippen LogP contribution in [-0.2, 0) is 33.9 Å². The van der Waals surface area contributed by atoms with Gasteiger partial charge in [0.2, 0.25) is 33.6 Å². The first kappa shape index (κ1) is 43.4. The Bertz CT molecular complexity index is 2050. The molecule has 1 aromatic carbocycles. The summed E-state index contributed by atoms with van der Waals surface area (Å²) in [7, 11) is -2.47. The fourth-order valence-corrected chi connectivity index (χ4v) is 9.31.